The Balaban J connectivity index is 2.24. The summed E-state index contributed by atoms with van der Waals surface area (Å²) >= 11 is 0. The summed E-state index contributed by atoms with van der Waals surface area (Å²) in [5, 5.41) is 0. The Kier molecular flexibility index (Phi) is 2.63. The summed E-state index contributed by atoms with van der Waals surface area (Å²) in [6, 6.07) is 13.5. The molecule has 2 aromatic carbocycles. The summed E-state index contributed by atoms with van der Waals surface area (Å²) in [7, 11) is 0. The van der Waals surface area contributed by atoms with E-state index >= 15 is 0 Å². The second-order valence-corrected chi connectivity index (χ2v) is 4.42. The van der Waals surface area contributed by atoms with Gasteiger partial charge in [0.25, 0.3) is 0 Å². The maximum absolute atomic E-state index is 12.6. The van der Waals surface area contributed by atoms with Gasteiger partial charge in [0, 0.05) is 11.1 Å². The third-order valence-corrected chi connectivity index (χ3v) is 3.37. The largest absolute Gasteiger partial charge is 0.488 e. The zero-order valence-corrected chi connectivity index (χ0v) is 10.3. The van der Waals surface area contributed by atoms with Crippen LogP contribution >= 0.6 is 0 Å². The van der Waals surface area contributed by atoms with Gasteiger partial charge in [0.05, 0.1) is 5.56 Å². The summed E-state index contributed by atoms with van der Waals surface area (Å²) in [5.74, 6) is 0.783. The van der Waals surface area contributed by atoms with E-state index < -0.39 is 0 Å². The lowest BCUT2D eigenvalue weighted by atomic mass is 9.94. The average Bonchev–Trinajstić information content (AvgIpc) is 2.57. The molecule has 90 valence electrons. The molecule has 0 N–H and O–H groups in total. The summed E-state index contributed by atoms with van der Waals surface area (Å²) in [4.78, 5) is 12.6. The van der Waals surface area contributed by atoms with Crippen molar-refractivity contribution >= 4 is 5.78 Å². The van der Waals surface area contributed by atoms with Crippen LogP contribution in [-0.2, 0) is 13.0 Å². The van der Waals surface area contributed by atoms with Crippen LogP contribution in [0.5, 0.6) is 5.75 Å². The van der Waals surface area contributed by atoms with Crippen LogP contribution in [0.25, 0.3) is 0 Å². The molecular formula is C16H14O2. The van der Waals surface area contributed by atoms with E-state index in [1.807, 2.05) is 42.5 Å². The van der Waals surface area contributed by atoms with Crippen molar-refractivity contribution in [3.05, 3.63) is 64.7 Å². The third-order valence-electron chi connectivity index (χ3n) is 3.37. The van der Waals surface area contributed by atoms with E-state index in [2.05, 4.69) is 6.92 Å². The number of hydrogen-bond donors (Lipinski definition) is 0. The molecule has 2 heteroatoms. The molecular weight excluding hydrogens is 224 g/mol. The smallest absolute Gasteiger partial charge is 0.197 e. The van der Waals surface area contributed by atoms with Gasteiger partial charge in [0.1, 0.15) is 12.4 Å². The van der Waals surface area contributed by atoms with E-state index in [1.54, 1.807) is 0 Å². The van der Waals surface area contributed by atoms with Gasteiger partial charge in [-0.25, -0.2) is 0 Å². The normalized spacial score (nSPS) is 13.3. The fourth-order valence-corrected chi connectivity index (χ4v) is 2.41. The zero-order valence-electron chi connectivity index (χ0n) is 10.3. The van der Waals surface area contributed by atoms with Crippen LogP contribution in [0.4, 0.5) is 0 Å². The van der Waals surface area contributed by atoms with Crippen molar-refractivity contribution < 1.29 is 9.53 Å². The first-order valence-electron chi connectivity index (χ1n) is 6.18. The number of hydrogen-bond acceptors (Lipinski definition) is 2. The molecule has 1 aliphatic heterocycles. The highest BCUT2D eigenvalue weighted by Gasteiger charge is 2.23. The quantitative estimate of drug-likeness (QED) is 0.761. The zero-order chi connectivity index (χ0) is 12.5. The van der Waals surface area contributed by atoms with Crippen molar-refractivity contribution in [1.82, 2.24) is 0 Å². The summed E-state index contributed by atoms with van der Waals surface area (Å²) in [6.45, 7) is 2.52. The van der Waals surface area contributed by atoms with Gasteiger partial charge in [-0.05, 0) is 18.1 Å². The molecule has 0 radical (unpaired) electrons. The van der Waals surface area contributed by atoms with Crippen molar-refractivity contribution in [1.29, 1.82) is 0 Å². The minimum Gasteiger partial charge on any atom is -0.488 e. The molecule has 1 aliphatic rings. The number of ether oxygens (including phenoxy) is 1. The fourth-order valence-electron chi connectivity index (χ4n) is 2.41. The van der Waals surface area contributed by atoms with E-state index in [0.717, 1.165) is 28.7 Å². The third kappa shape index (κ3) is 1.61. The Bertz CT molecular complexity index is 614. The van der Waals surface area contributed by atoms with Gasteiger partial charge in [-0.1, -0.05) is 43.3 Å². The van der Waals surface area contributed by atoms with Gasteiger partial charge in [-0.3, -0.25) is 4.79 Å². The van der Waals surface area contributed by atoms with Gasteiger partial charge in [-0.15, -0.1) is 0 Å². The highest BCUT2D eigenvalue weighted by molar-refractivity contribution is 6.12. The van der Waals surface area contributed by atoms with Crippen LogP contribution in [0.1, 0.15) is 34.0 Å². The first-order valence-corrected chi connectivity index (χ1v) is 6.18. The lowest BCUT2D eigenvalue weighted by Crippen LogP contribution is -2.05. The van der Waals surface area contributed by atoms with Crippen LogP contribution in [0.2, 0.25) is 0 Å². The Hall–Kier alpha value is -2.09. The Labute approximate surface area is 106 Å². The summed E-state index contributed by atoms with van der Waals surface area (Å²) < 4.78 is 5.77. The van der Waals surface area contributed by atoms with Gasteiger partial charge in [-0.2, -0.15) is 0 Å². The number of carbonyl (C=O) groups is 1. The van der Waals surface area contributed by atoms with Gasteiger partial charge in [0.15, 0.2) is 5.78 Å². The van der Waals surface area contributed by atoms with Crippen LogP contribution in [0.15, 0.2) is 42.5 Å². The Morgan fingerprint density at radius 3 is 2.78 bits per heavy atom. The van der Waals surface area contributed by atoms with E-state index in [0.29, 0.717) is 12.4 Å². The minimum atomic E-state index is 0.0792. The van der Waals surface area contributed by atoms with Gasteiger partial charge >= 0.3 is 0 Å². The molecule has 0 spiro atoms. The molecule has 0 fully saturated rings. The van der Waals surface area contributed by atoms with Crippen LogP contribution in [0, 0.1) is 0 Å². The molecule has 2 aromatic rings. The molecule has 0 aromatic heterocycles. The lowest BCUT2D eigenvalue weighted by molar-refractivity contribution is 0.103. The lowest BCUT2D eigenvalue weighted by Gasteiger charge is -2.09. The predicted molar refractivity (Wildman–Crippen MR) is 70.0 cm³/mol. The number of benzene rings is 2. The van der Waals surface area contributed by atoms with Crippen molar-refractivity contribution in [3.8, 4) is 5.75 Å². The molecule has 0 saturated carbocycles. The second kappa shape index (κ2) is 4.30. The summed E-state index contributed by atoms with van der Waals surface area (Å²) in [5.41, 5.74) is 3.50. The van der Waals surface area contributed by atoms with E-state index in [9.17, 15) is 4.79 Å². The Morgan fingerprint density at radius 2 is 1.94 bits per heavy atom. The van der Waals surface area contributed by atoms with E-state index in [4.69, 9.17) is 4.74 Å². The van der Waals surface area contributed by atoms with Crippen molar-refractivity contribution in [2.45, 2.75) is 20.0 Å². The maximum atomic E-state index is 12.6. The Morgan fingerprint density at radius 1 is 1.11 bits per heavy atom. The number of carbonyl (C=O) groups excluding carboxylic acids is 1. The van der Waals surface area contributed by atoms with E-state index in [-0.39, 0.29) is 5.78 Å². The number of ketones is 1. The average molecular weight is 238 g/mol. The van der Waals surface area contributed by atoms with Crippen LogP contribution in [0.3, 0.4) is 0 Å². The van der Waals surface area contributed by atoms with Crippen LogP contribution < -0.4 is 4.74 Å². The minimum absolute atomic E-state index is 0.0792. The predicted octanol–water partition coefficient (Wildman–Crippen LogP) is 3.37. The standard InChI is InChI=1S/C16H14O2/c1-2-11-7-5-9-14-15(11)16(17)13-8-4-3-6-12(13)10-18-14/h3-9H,2,10H2,1H3. The molecule has 2 nitrogen and oxygen atoms in total. The molecule has 0 bridgehead atoms. The van der Waals surface area contributed by atoms with E-state index in [1.165, 1.54) is 0 Å². The number of rotatable bonds is 1. The van der Waals surface area contributed by atoms with Crippen molar-refractivity contribution in [3.63, 3.8) is 0 Å². The van der Waals surface area contributed by atoms with Gasteiger partial charge < -0.3 is 4.74 Å². The highest BCUT2D eigenvalue weighted by Crippen LogP contribution is 2.30. The summed E-state index contributed by atoms with van der Waals surface area (Å²) in [6.07, 6.45) is 0.834. The monoisotopic (exact) mass is 238 g/mol. The molecule has 0 unspecified atom stereocenters. The van der Waals surface area contributed by atoms with Crippen molar-refractivity contribution in [2.75, 3.05) is 0 Å². The molecule has 0 aliphatic carbocycles. The fraction of sp³-hybridized carbons (Fsp3) is 0.188. The molecule has 1 heterocycles. The topological polar surface area (TPSA) is 26.3 Å². The van der Waals surface area contributed by atoms with Crippen molar-refractivity contribution in [2.24, 2.45) is 0 Å². The number of aryl methyl sites for hydroxylation is 1. The van der Waals surface area contributed by atoms with Crippen LogP contribution in [-0.4, -0.2) is 5.78 Å². The number of fused-ring (bicyclic) bond motifs is 2. The molecule has 3 rings (SSSR count). The highest BCUT2D eigenvalue weighted by atomic mass is 16.5. The second-order valence-electron chi connectivity index (χ2n) is 4.42. The molecule has 0 amide bonds. The first-order chi connectivity index (χ1) is 8.81. The molecule has 0 atom stereocenters. The molecule has 18 heavy (non-hydrogen) atoms. The maximum Gasteiger partial charge on any atom is 0.197 e. The van der Waals surface area contributed by atoms with Gasteiger partial charge in [0.2, 0.25) is 0 Å². The first kappa shape index (κ1) is 11.0. The molecule has 0 saturated heterocycles. The SMILES string of the molecule is CCc1cccc2c1C(=O)c1ccccc1CO2.